The monoisotopic (exact) mass is 494 g/mol. The summed E-state index contributed by atoms with van der Waals surface area (Å²) >= 11 is 0. The lowest BCUT2D eigenvalue weighted by Gasteiger charge is -2.16. The maximum absolute atomic E-state index is 15.3. The van der Waals surface area contributed by atoms with Crippen LogP contribution in [0.4, 0.5) is 13.2 Å². The number of hydrogen-bond acceptors (Lipinski definition) is 6. The standard InChI is InChI=1S/C23H17F3N8O2/c1-27-22(35)13-3-5-16(21(26)28-13)33-9-12-8-32(10-14(12)30-33)7-11-2-4-15-20(19(11)25)29-23(36)17-6-18(24)31-34(15)17/h2-6,9H,7-8,10H2,1H3,(H,27,35)(H,29,36). The molecule has 0 saturated heterocycles. The molecule has 5 aromatic rings. The fraction of sp³-hybridized carbons (Fsp3) is 0.174. The third kappa shape index (κ3) is 3.43. The first-order valence-electron chi connectivity index (χ1n) is 10.9. The molecule has 1 aliphatic heterocycles. The summed E-state index contributed by atoms with van der Waals surface area (Å²) < 4.78 is 45.8. The van der Waals surface area contributed by atoms with Gasteiger partial charge in [-0.05, 0) is 18.2 Å². The summed E-state index contributed by atoms with van der Waals surface area (Å²) in [4.78, 5) is 32.0. The zero-order valence-corrected chi connectivity index (χ0v) is 18.7. The lowest BCUT2D eigenvalue weighted by molar-refractivity contribution is 0.0957. The number of benzene rings is 1. The van der Waals surface area contributed by atoms with Crippen molar-refractivity contribution in [2.75, 3.05) is 7.05 Å². The predicted octanol–water partition coefficient (Wildman–Crippen LogP) is 2.05. The van der Waals surface area contributed by atoms with Gasteiger partial charge in [0.15, 0.2) is 5.82 Å². The molecule has 4 aromatic heterocycles. The highest BCUT2D eigenvalue weighted by atomic mass is 19.1. The second-order valence-electron chi connectivity index (χ2n) is 8.43. The van der Waals surface area contributed by atoms with Crippen LogP contribution in [0.15, 0.2) is 41.3 Å². The highest BCUT2D eigenvalue weighted by Crippen LogP contribution is 2.27. The first kappa shape index (κ1) is 22.0. The van der Waals surface area contributed by atoms with Crippen molar-refractivity contribution in [1.29, 1.82) is 0 Å². The smallest absolute Gasteiger partial charge is 0.274 e. The van der Waals surface area contributed by atoms with Gasteiger partial charge in [0.05, 0.1) is 11.2 Å². The van der Waals surface area contributed by atoms with E-state index in [1.807, 2.05) is 4.90 Å². The molecule has 0 atom stereocenters. The maximum atomic E-state index is 15.3. The van der Waals surface area contributed by atoms with Gasteiger partial charge in [0.25, 0.3) is 11.5 Å². The molecular formula is C23H17F3N8O2. The summed E-state index contributed by atoms with van der Waals surface area (Å²) in [6, 6.07) is 6.98. The molecule has 0 fully saturated rings. The Morgan fingerprint density at radius 3 is 2.69 bits per heavy atom. The molecule has 6 rings (SSSR count). The van der Waals surface area contributed by atoms with Crippen LogP contribution >= 0.6 is 0 Å². The number of aromatic amines is 1. The summed E-state index contributed by atoms with van der Waals surface area (Å²) in [5.41, 5.74) is 1.48. The Labute approximate surface area is 200 Å². The number of fused-ring (bicyclic) bond motifs is 4. The van der Waals surface area contributed by atoms with Crippen LogP contribution < -0.4 is 10.9 Å². The number of amides is 1. The SMILES string of the molecule is CNC(=O)c1ccc(-n2cc3c(n2)CN(Cc2ccc4c([nH]c(=O)c5cc(F)nn54)c2F)C3)c(F)n1. The third-order valence-corrected chi connectivity index (χ3v) is 6.15. The Morgan fingerprint density at radius 1 is 1.11 bits per heavy atom. The molecule has 13 heteroatoms. The molecular weight excluding hydrogens is 477 g/mol. The molecule has 0 saturated carbocycles. The van der Waals surface area contributed by atoms with Crippen LogP contribution in [-0.4, -0.2) is 47.2 Å². The minimum absolute atomic E-state index is 0.0103. The maximum Gasteiger partial charge on any atom is 0.274 e. The predicted molar refractivity (Wildman–Crippen MR) is 121 cm³/mol. The van der Waals surface area contributed by atoms with Crippen molar-refractivity contribution in [2.24, 2.45) is 0 Å². The van der Waals surface area contributed by atoms with Gasteiger partial charge in [-0.2, -0.15) is 13.9 Å². The summed E-state index contributed by atoms with van der Waals surface area (Å²) in [5, 5.41) is 10.5. The number of aromatic nitrogens is 6. The minimum atomic E-state index is -0.831. The van der Waals surface area contributed by atoms with E-state index in [9.17, 15) is 18.4 Å². The Morgan fingerprint density at radius 2 is 1.94 bits per heavy atom. The van der Waals surface area contributed by atoms with Gasteiger partial charge in [-0.25, -0.2) is 18.6 Å². The summed E-state index contributed by atoms with van der Waals surface area (Å²) in [7, 11) is 1.43. The van der Waals surface area contributed by atoms with E-state index in [-0.39, 0.29) is 34.5 Å². The van der Waals surface area contributed by atoms with Crippen LogP contribution in [0.1, 0.15) is 27.3 Å². The van der Waals surface area contributed by atoms with Crippen LogP contribution in [-0.2, 0) is 19.6 Å². The average molecular weight is 494 g/mol. The average Bonchev–Trinajstić information content (AvgIpc) is 3.54. The van der Waals surface area contributed by atoms with Gasteiger partial charge in [0, 0.05) is 50.1 Å². The summed E-state index contributed by atoms with van der Waals surface area (Å²) in [6.45, 7) is 1.06. The zero-order chi connectivity index (χ0) is 25.1. The zero-order valence-electron chi connectivity index (χ0n) is 18.7. The summed E-state index contributed by atoms with van der Waals surface area (Å²) in [6.07, 6.45) is 1.67. The van der Waals surface area contributed by atoms with E-state index in [4.69, 9.17) is 0 Å². The topological polar surface area (TPSA) is 113 Å². The van der Waals surface area contributed by atoms with E-state index >= 15 is 4.39 Å². The second kappa shape index (κ2) is 8.02. The summed E-state index contributed by atoms with van der Waals surface area (Å²) in [5.74, 6) is -2.78. The van der Waals surface area contributed by atoms with Crippen LogP contribution in [0, 0.1) is 17.7 Å². The van der Waals surface area contributed by atoms with E-state index in [0.717, 1.165) is 16.1 Å². The largest absolute Gasteiger partial charge is 0.354 e. The number of rotatable bonds is 4. The normalized spacial score (nSPS) is 13.6. The number of hydrogen-bond donors (Lipinski definition) is 2. The number of pyridine rings is 1. The fourth-order valence-electron chi connectivity index (χ4n) is 4.45. The highest BCUT2D eigenvalue weighted by molar-refractivity contribution is 5.92. The van der Waals surface area contributed by atoms with Gasteiger partial charge in [-0.15, -0.1) is 5.10 Å². The molecule has 0 radical (unpaired) electrons. The van der Waals surface area contributed by atoms with Gasteiger partial charge < -0.3 is 10.3 Å². The van der Waals surface area contributed by atoms with Crippen molar-refractivity contribution >= 4 is 22.5 Å². The Bertz CT molecular complexity index is 1730. The fourth-order valence-corrected chi connectivity index (χ4v) is 4.45. The molecule has 0 bridgehead atoms. The van der Waals surface area contributed by atoms with Gasteiger partial charge in [-0.3, -0.25) is 14.5 Å². The van der Waals surface area contributed by atoms with Gasteiger partial charge in [-0.1, -0.05) is 6.07 Å². The quantitative estimate of drug-likeness (QED) is 0.370. The molecule has 0 unspecified atom stereocenters. The Hall–Kier alpha value is -4.52. The first-order chi connectivity index (χ1) is 17.3. The van der Waals surface area contributed by atoms with Crippen LogP contribution in [0.3, 0.4) is 0 Å². The molecule has 1 aromatic carbocycles. The van der Waals surface area contributed by atoms with E-state index in [0.29, 0.717) is 24.3 Å². The lowest BCUT2D eigenvalue weighted by Crippen LogP contribution is -2.20. The molecule has 5 heterocycles. The van der Waals surface area contributed by atoms with E-state index < -0.39 is 29.2 Å². The van der Waals surface area contributed by atoms with Crippen molar-refractivity contribution in [2.45, 2.75) is 19.6 Å². The van der Waals surface area contributed by atoms with E-state index in [1.165, 1.54) is 23.9 Å². The first-order valence-corrected chi connectivity index (χ1v) is 10.9. The van der Waals surface area contributed by atoms with Gasteiger partial charge in [0.2, 0.25) is 11.9 Å². The van der Waals surface area contributed by atoms with Gasteiger partial charge in [0.1, 0.15) is 22.4 Å². The van der Waals surface area contributed by atoms with Gasteiger partial charge >= 0.3 is 0 Å². The molecule has 1 amide bonds. The molecule has 1 aliphatic rings. The minimum Gasteiger partial charge on any atom is -0.354 e. The number of halogens is 3. The van der Waals surface area contributed by atoms with Crippen LogP contribution in [0.2, 0.25) is 0 Å². The van der Waals surface area contributed by atoms with Crippen LogP contribution in [0.25, 0.3) is 22.2 Å². The third-order valence-electron chi connectivity index (χ3n) is 6.15. The molecule has 0 spiro atoms. The number of nitrogens with one attached hydrogen (secondary N) is 2. The molecule has 36 heavy (non-hydrogen) atoms. The second-order valence-corrected chi connectivity index (χ2v) is 8.43. The number of carbonyl (C=O) groups is 1. The molecule has 2 N–H and O–H groups in total. The highest BCUT2D eigenvalue weighted by Gasteiger charge is 2.25. The Kier molecular flexibility index (Phi) is 4.89. The number of carbonyl (C=O) groups excluding carboxylic acids is 1. The van der Waals surface area contributed by atoms with Crippen molar-refractivity contribution < 1.29 is 18.0 Å². The van der Waals surface area contributed by atoms with Crippen molar-refractivity contribution in [3.63, 3.8) is 0 Å². The molecule has 10 nitrogen and oxygen atoms in total. The van der Waals surface area contributed by atoms with Crippen molar-refractivity contribution in [3.05, 3.63) is 87.1 Å². The van der Waals surface area contributed by atoms with Crippen LogP contribution in [0.5, 0.6) is 0 Å². The molecule has 182 valence electrons. The van der Waals surface area contributed by atoms with Crippen molar-refractivity contribution in [3.8, 4) is 5.69 Å². The lowest BCUT2D eigenvalue weighted by atomic mass is 10.1. The number of nitrogens with zero attached hydrogens (tertiary/aromatic N) is 6. The van der Waals surface area contributed by atoms with E-state index in [2.05, 4.69) is 25.5 Å². The Balaban J connectivity index is 1.24. The van der Waals surface area contributed by atoms with E-state index in [1.54, 1.807) is 18.3 Å². The van der Waals surface area contributed by atoms with Crippen molar-refractivity contribution in [1.82, 2.24) is 39.6 Å². The molecule has 0 aliphatic carbocycles. The number of H-pyrrole nitrogens is 1.